The third kappa shape index (κ3) is 2.42. The fraction of sp³-hybridized carbons (Fsp3) is 0.357. The van der Waals surface area contributed by atoms with Crippen molar-refractivity contribution in [3.8, 4) is 18.4 Å². The summed E-state index contributed by atoms with van der Waals surface area (Å²) in [6, 6.07) is 10.2. The van der Waals surface area contributed by atoms with Crippen molar-refractivity contribution >= 4 is 0 Å². The van der Waals surface area contributed by atoms with Crippen LogP contribution < -0.4 is 5.32 Å². The van der Waals surface area contributed by atoms with Crippen LogP contribution in [0, 0.1) is 23.7 Å². The molecule has 0 radical (unpaired) electrons. The molecule has 2 rings (SSSR count). The number of benzene rings is 1. The molecule has 2 nitrogen and oxygen atoms in total. The lowest BCUT2D eigenvalue weighted by molar-refractivity contribution is 0.690. The number of nitrogens with zero attached hydrogens (tertiary/aromatic N) is 1. The first-order chi connectivity index (χ1) is 7.85. The van der Waals surface area contributed by atoms with Crippen molar-refractivity contribution in [2.45, 2.75) is 24.8 Å². The molecule has 1 atom stereocenters. The maximum absolute atomic E-state index is 9.02. The van der Waals surface area contributed by atoms with Gasteiger partial charge in [0.15, 0.2) is 0 Å². The first kappa shape index (κ1) is 10.7. The highest BCUT2D eigenvalue weighted by Crippen LogP contribution is 2.40. The summed E-state index contributed by atoms with van der Waals surface area (Å²) in [6.07, 6.45) is 7.76. The Kier molecular flexibility index (Phi) is 3.25. The fourth-order valence-corrected chi connectivity index (χ4v) is 1.78. The average Bonchev–Trinajstić information content (AvgIpc) is 3.15. The Morgan fingerprint density at radius 2 is 2.06 bits per heavy atom. The standard InChI is InChI=1S/C14H14N2/c1-2-9-16-14(10-15)13-7-5-12(6-8-13)11-3-4-11/h1,5-8,11,14,16H,3-4,9H2. The average molecular weight is 210 g/mol. The highest BCUT2D eigenvalue weighted by Gasteiger charge is 2.23. The molecule has 1 aliphatic rings. The fourth-order valence-electron chi connectivity index (χ4n) is 1.78. The molecular formula is C14H14N2. The zero-order valence-electron chi connectivity index (χ0n) is 9.11. The minimum atomic E-state index is -0.302. The van der Waals surface area contributed by atoms with E-state index in [0.717, 1.165) is 11.5 Å². The Balaban J connectivity index is 2.07. The molecule has 0 aliphatic heterocycles. The molecule has 0 spiro atoms. The maximum atomic E-state index is 9.02. The summed E-state index contributed by atoms with van der Waals surface area (Å²) in [5.41, 5.74) is 2.37. The summed E-state index contributed by atoms with van der Waals surface area (Å²) in [5, 5.41) is 12.0. The Morgan fingerprint density at radius 1 is 1.38 bits per heavy atom. The molecule has 0 aromatic heterocycles. The predicted octanol–water partition coefficient (Wildman–Crippen LogP) is 2.35. The number of terminal acetylenes is 1. The number of rotatable bonds is 4. The van der Waals surface area contributed by atoms with E-state index in [1.54, 1.807) is 0 Å². The third-order valence-corrected chi connectivity index (χ3v) is 2.86. The van der Waals surface area contributed by atoms with E-state index >= 15 is 0 Å². The smallest absolute Gasteiger partial charge is 0.122 e. The normalized spacial score (nSPS) is 16.1. The van der Waals surface area contributed by atoms with Gasteiger partial charge in [-0.2, -0.15) is 5.26 Å². The lowest BCUT2D eigenvalue weighted by atomic mass is 10.0. The van der Waals surface area contributed by atoms with E-state index in [1.165, 1.54) is 18.4 Å². The van der Waals surface area contributed by atoms with Crippen molar-refractivity contribution in [2.75, 3.05) is 6.54 Å². The van der Waals surface area contributed by atoms with Crippen molar-refractivity contribution < 1.29 is 0 Å². The van der Waals surface area contributed by atoms with E-state index in [2.05, 4.69) is 29.4 Å². The molecule has 1 unspecified atom stereocenters. The molecule has 0 bridgehead atoms. The van der Waals surface area contributed by atoms with Gasteiger partial charge in [-0.25, -0.2) is 0 Å². The highest BCUT2D eigenvalue weighted by molar-refractivity contribution is 5.31. The SMILES string of the molecule is C#CCNC(C#N)c1ccc(C2CC2)cc1. The molecule has 2 heteroatoms. The second-order valence-electron chi connectivity index (χ2n) is 4.09. The highest BCUT2D eigenvalue weighted by atomic mass is 14.9. The van der Waals surface area contributed by atoms with Gasteiger partial charge in [-0.3, -0.25) is 5.32 Å². The van der Waals surface area contributed by atoms with E-state index in [9.17, 15) is 0 Å². The van der Waals surface area contributed by atoms with Gasteiger partial charge in [0.05, 0.1) is 12.6 Å². The molecule has 1 fully saturated rings. The zero-order valence-corrected chi connectivity index (χ0v) is 9.11. The van der Waals surface area contributed by atoms with Gasteiger partial charge in [0.25, 0.3) is 0 Å². The van der Waals surface area contributed by atoms with Gasteiger partial charge in [0.2, 0.25) is 0 Å². The summed E-state index contributed by atoms with van der Waals surface area (Å²) in [5.74, 6) is 3.24. The third-order valence-electron chi connectivity index (χ3n) is 2.86. The summed E-state index contributed by atoms with van der Waals surface area (Å²) in [7, 11) is 0. The molecule has 1 saturated carbocycles. The Bertz CT molecular complexity index is 429. The lowest BCUT2D eigenvalue weighted by Gasteiger charge is -2.10. The van der Waals surface area contributed by atoms with E-state index in [-0.39, 0.29) is 6.04 Å². The van der Waals surface area contributed by atoms with E-state index < -0.39 is 0 Å². The van der Waals surface area contributed by atoms with Crippen LogP contribution in [0.1, 0.15) is 35.9 Å². The minimum absolute atomic E-state index is 0.302. The molecule has 1 aromatic rings. The molecule has 1 aliphatic carbocycles. The summed E-state index contributed by atoms with van der Waals surface area (Å²) in [4.78, 5) is 0. The van der Waals surface area contributed by atoms with Crippen LogP contribution >= 0.6 is 0 Å². The largest absolute Gasteiger partial charge is 0.287 e. The van der Waals surface area contributed by atoms with Gasteiger partial charge in [-0.05, 0) is 29.9 Å². The molecular weight excluding hydrogens is 196 g/mol. The van der Waals surface area contributed by atoms with Gasteiger partial charge >= 0.3 is 0 Å². The van der Waals surface area contributed by atoms with Crippen molar-refractivity contribution in [2.24, 2.45) is 0 Å². The predicted molar refractivity (Wildman–Crippen MR) is 63.6 cm³/mol. The van der Waals surface area contributed by atoms with Crippen molar-refractivity contribution in [3.63, 3.8) is 0 Å². The first-order valence-corrected chi connectivity index (χ1v) is 5.51. The Labute approximate surface area is 96.3 Å². The Morgan fingerprint density at radius 3 is 2.56 bits per heavy atom. The second kappa shape index (κ2) is 4.84. The molecule has 16 heavy (non-hydrogen) atoms. The molecule has 0 saturated heterocycles. The van der Waals surface area contributed by atoms with Crippen LogP contribution in [-0.2, 0) is 0 Å². The van der Waals surface area contributed by atoms with Crippen molar-refractivity contribution in [3.05, 3.63) is 35.4 Å². The summed E-state index contributed by atoms with van der Waals surface area (Å²) < 4.78 is 0. The van der Waals surface area contributed by atoms with Crippen LogP contribution in [0.3, 0.4) is 0 Å². The van der Waals surface area contributed by atoms with Gasteiger partial charge in [0, 0.05) is 0 Å². The van der Waals surface area contributed by atoms with E-state index in [4.69, 9.17) is 11.7 Å². The topological polar surface area (TPSA) is 35.8 Å². The summed E-state index contributed by atoms with van der Waals surface area (Å²) >= 11 is 0. The number of nitriles is 1. The van der Waals surface area contributed by atoms with E-state index in [1.807, 2.05) is 12.1 Å². The molecule has 0 heterocycles. The van der Waals surface area contributed by atoms with Crippen molar-refractivity contribution in [1.82, 2.24) is 5.32 Å². The number of hydrogen-bond acceptors (Lipinski definition) is 2. The van der Waals surface area contributed by atoms with Gasteiger partial charge < -0.3 is 0 Å². The van der Waals surface area contributed by atoms with Crippen LogP contribution in [0.4, 0.5) is 0 Å². The quantitative estimate of drug-likeness (QED) is 0.774. The number of hydrogen-bond donors (Lipinski definition) is 1. The van der Waals surface area contributed by atoms with Crippen LogP contribution in [0.2, 0.25) is 0 Å². The van der Waals surface area contributed by atoms with Crippen LogP contribution in [0.25, 0.3) is 0 Å². The molecule has 0 amide bonds. The lowest BCUT2D eigenvalue weighted by Crippen LogP contribution is -2.19. The monoisotopic (exact) mass is 210 g/mol. The van der Waals surface area contributed by atoms with Crippen LogP contribution in [0.15, 0.2) is 24.3 Å². The van der Waals surface area contributed by atoms with Gasteiger partial charge in [-0.1, -0.05) is 30.2 Å². The Hall–Kier alpha value is -1.77. The number of nitrogens with one attached hydrogen (secondary N) is 1. The second-order valence-corrected chi connectivity index (χ2v) is 4.09. The molecule has 80 valence electrons. The van der Waals surface area contributed by atoms with Crippen LogP contribution in [0.5, 0.6) is 0 Å². The minimum Gasteiger partial charge on any atom is -0.287 e. The first-order valence-electron chi connectivity index (χ1n) is 5.51. The van der Waals surface area contributed by atoms with Crippen molar-refractivity contribution in [1.29, 1.82) is 5.26 Å². The van der Waals surface area contributed by atoms with Gasteiger partial charge in [0.1, 0.15) is 6.04 Å². The molecule has 1 N–H and O–H groups in total. The van der Waals surface area contributed by atoms with E-state index in [0.29, 0.717) is 6.54 Å². The van der Waals surface area contributed by atoms with Gasteiger partial charge in [-0.15, -0.1) is 6.42 Å². The summed E-state index contributed by atoms with van der Waals surface area (Å²) in [6.45, 7) is 0.419. The maximum Gasteiger partial charge on any atom is 0.122 e. The van der Waals surface area contributed by atoms with Crippen LogP contribution in [-0.4, -0.2) is 6.54 Å². The zero-order chi connectivity index (χ0) is 11.4. The molecule has 1 aromatic carbocycles.